The molecule has 0 aliphatic carbocycles. The van der Waals surface area contributed by atoms with Gasteiger partial charge >= 0.3 is 0 Å². The van der Waals surface area contributed by atoms with E-state index in [-0.39, 0.29) is 6.10 Å². The van der Waals surface area contributed by atoms with Gasteiger partial charge in [0.1, 0.15) is 29.4 Å². The molecule has 0 saturated carbocycles. The predicted molar refractivity (Wildman–Crippen MR) is 159 cm³/mol. The molecule has 1 fully saturated rings. The van der Waals surface area contributed by atoms with Crippen molar-refractivity contribution in [2.24, 2.45) is 0 Å². The average Bonchev–Trinajstić information content (AvgIpc) is 3.01. The van der Waals surface area contributed by atoms with E-state index in [9.17, 15) is 0 Å². The highest BCUT2D eigenvalue weighted by Gasteiger charge is 2.47. The van der Waals surface area contributed by atoms with E-state index < -0.39 is 23.3 Å². The Morgan fingerprint density at radius 2 is 0.850 bits per heavy atom. The SMILES string of the molecule is Br[C@H]1OC(COCc2ccccc2)[C@@H](OCc2ccccc2)C(OCc2ccccc2)C1OCc1ccccc1. The van der Waals surface area contributed by atoms with Crippen LogP contribution in [0.5, 0.6) is 0 Å². The van der Waals surface area contributed by atoms with Gasteiger partial charge in [0.25, 0.3) is 0 Å². The van der Waals surface area contributed by atoms with Crippen LogP contribution in [-0.2, 0) is 50.1 Å². The molecule has 1 aliphatic heterocycles. The summed E-state index contributed by atoms with van der Waals surface area (Å²) in [6.07, 6.45) is -1.60. The van der Waals surface area contributed by atoms with Gasteiger partial charge in [-0.15, -0.1) is 0 Å². The van der Waals surface area contributed by atoms with Gasteiger partial charge in [0.05, 0.1) is 33.0 Å². The number of rotatable bonds is 13. The molecule has 5 nitrogen and oxygen atoms in total. The van der Waals surface area contributed by atoms with Gasteiger partial charge < -0.3 is 23.7 Å². The van der Waals surface area contributed by atoms with Crippen LogP contribution in [-0.4, -0.2) is 36.0 Å². The summed E-state index contributed by atoms with van der Waals surface area (Å²) in [5, 5.41) is -0.404. The van der Waals surface area contributed by atoms with Crippen molar-refractivity contribution in [2.45, 2.75) is 55.9 Å². The zero-order chi connectivity index (χ0) is 27.4. The molecule has 40 heavy (non-hydrogen) atoms. The maximum atomic E-state index is 6.62. The second-order valence-corrected chi connectivity index (χ2v) is 10.7. The van der Waals surface area contributed by atoms with E-state index in [1.165, 1.54) is 0 Å². The second-order valence-electron chi connectivity index (χ2n) is 9.81. The number of ether oxygens (including phenoxy) is 5. The summed E-state index contributed by atoms with van der Waals surface area (Å²) in [5.41, 5.74) is 4.35. The van der Waals surface area contributed by atoms with Gasteiger partial charge in [-0.3, -0.25) is 0 Å². The molecule has 0 radical (unpaired) electrons. The molecule has 6 heteroatoms. The van der Waals surface area contributed by atoms with Gasteiger partial charge in [0.2, 0.25) is 0 Å². The lowest BCUT2D eigenvalue weighted by Crippen LogP contribution is -2.59. The lowest BCUT2D eigenvalue weighted by molar-refractivity contribution is -0.253. The van der Waals surface area contributed by atoms with Gasteiger partial charge in [-0.05, 0) is 22.3 Å². The third-order valence-electron chi connectivity index (χ3n) is 6.83. The van der Waals surface area contributed by atoms with E-state index in [0.29, 0.717) is 33.0 Å². The van der Waals surface area contributed by atoms with Crippen LogP contribution in [0.15, 0.2) is 121 Å². The largest absolute Gasteiger partial charge is 0.374 e. The molecule has 5 rings (SSSR count). The standard InChI is InChI=1S/C34H35BrO5/c35-34-33(39-24-29-19-11-4-12-20-29)32(38-23-28-17-9-3-10-18-28)31(37-22-27-15-7-2-8-16-27)30(40-34)25-36-21-26-13-5-1-6-14-26/h1-20,30-34H,21-25H2/t30?,31-,32?,33?,34+/m1/s1. The van der Waals surface area contributed by atoms with Crippen molar-refractivity contribution in [3.63, 3.8) is 0 Å². The lowest BCUT2D eigenvalue weighted by Gasteiger charge is -2.44. The summed E-state index contributed by atoms with van der Waals surface area (Å²) in [6, 6.07) is 40.6. The first kappa shape index (κ1) is 28.7. The molecule has 0 N–H and O–H groups in total. The van der Waals surface area contributed by atoms with E-state index in [2.05, 4.69) is 64.5 Å². The first-order chi connectivity index (χ1) is 19.8. The quantitative estimate of drug-likeness (QED) is 0.153. The highest BCUT2D eigenvalue weighted by molar-refractivity contribution is 9.09. The summed E-state index contributed by atoms with van der Waals surface area (Å²) < 4.78 is 32.3. The molecule has 208 valence electrons. The summed E-state index contributed by atoms with van der Waals surface area (Å²) in [6.45, 7) is 2.13. The first-order valence-corrected chi connectivity index (χ1v) is 14.6. The van der Waals surface area contributed by atoms with Crippen molar-refractivity contribution in [1.29, 1.82) is 0 Å². The van der Waals surface area contributed by atoms with Gasteiger partial charge in [-0.25, -0.2) is 0 Å². The molecule has 0 aromatic heterocycles. The van der Waals surface area contributed by atoms with Crippen molar-refractivity contribution in [1.82, 2.24) is 0 Å². The van der Waals surface area contributed by atoms with Crippen LogP contribution in [0.2, 0.25) is 0 Å². The summed E-state index contributed by atoms with van der Waals surface area (Å²) in [4.78, 5) is 0. The van der Waals surface area contributed by atoms with Crippen LogP contribution in [0.3, 0.4) is 0 Å². The molecule has 1 saturated heterocycles. The predicted octanol–water partition coefficient (Wildman–Crippen LogP) is 7.08. The number of hydrogen-bond acceptors (Lipinski definition) is 5. The van der Waals surface area contributed by atoms with E-state index >= 15 is 0 Å². The summed E-state index contributed by atoms with van der Waals surface area (Å²) in [7, 11) is 0. The third kappa shape index (κ3) is 8.33. The van der Waals surface area contributed by atoms with Crippen LogP contribution in [0.25, 0.3) is 0 Å². The third-order valence-corrected chi connectivity index (χ3v) is 7.56. The van der Waals surface area contributed by atoms with E-state index in [1.54, 1.807) is 0 Å². The fraction of sp³-hybridized carbons (Fsp3) is 0.294. The summed E-state index contributed by atoms with van der Waals surface area (Å²) >= 11 is 3.76. The zero-order valence-electron chi connectivity index (χ0n) is 22.4. The molecule has 3 unspecified atom stereocenters. The van der Waals surface area contributed by atoms with Crippen molar-refractivity contribution >= 4 is 15.9 Å². The molecule has 0 spiro atoms. The fourth-order valence-electron chi connectivity index (χ4n) is 4.73. The van der Waals surface area contributed by atoms with Gasteiger partial charge in [-0.1, -0.05) is 137 Å². The Hall–Kier alpha value is -2.84. The average molecular weight is 604 g/mol. The maximum absolute atomic E-state index is 6.62. The normalized spacial score (nSPS) is 22.7. The lowest BCUT2D eigenvalue weighted by atomic mass is 9.99. The molecule has 1 aliphatic rings. The van der Waals surface area contributed by atoms with Crippen LogP contribution in [0.4, 0.5) is 0 Å². The number of halogens is 1. The molecule has 5 atom stereocenters. The Kier molecular flexibility index (Phi) is 10.9. The first-order valence-electron chi connectivity index (χ1n) is 13.6. The molecular weight excluding hydrogens is 568 g/mol. The van der Waals surface area contributed by atoms with Gasteiger partial charge in [0.15, 0.2) is 0 Å². The fourth-order valence-corrected chi connectivity index (χ4v) is 5.46. The number of hydrogen-bond donors (Lipinski definition) is 0. The molecular formula is C34H35BrO5. The van der Waals surface area contributed by atoms with Gasteiger partial charge in [0, 0.05) is 0 Å². The molecule has 4 aromatic rings. The molecule has 0 bridgehead atoms. The number of benzene rings is 4. The van der Waals surface area contributed by atoms with Crippen LogP contribution < -0.4 is 0 Å². The Bertz CT molecular complexity index is 1240. The van der Waals surface area contributed by atoms with Crippen molar-refractivity contribution in [3.8, 4) is 0 Å². The van der Waals surface area contributed by atoms with Crippen molar-refractivity contribution in [3.05, 3.63) is 144 Å². The monoisotopic (exact) mass is 602 g/mol. The highest BCUT2D eigenvalue weighted by atomic mass is 79.9. The van der Waals surface area contributed by atoms with Crippen molar-refractivity contribution in [2.75, 3.05) is 6.61 Å². The minimum atomic E-state index is -0.422. The molecule has 4 aromatic carbocycles. The van der Waals surface area contributed by atoms with E-state index in [1.807, 2.05) is 72.8 Å². The second kappa shape index (κ2) is 15.2. The topological polar surface area (TPSA) is 46.2 Å². The van der Waals surface area contributed by atoms with Crippen molar-refractivity contribution < 1.29 is 23.7 Å². The molecule has 1 heterocycles. The van der Waals surface area contributed by atoms with Crippen LogP contribution in [0, 0.1) is 0 Å². The Labute approximate surface area is 245 Å². The highest BCUT2D eigenvalue weighted by Crippen LogP contribution is 2.33. The van der Waals surface area contributed by atoms with Crippen LogP contribution >= 0.6 is 15.9 Å². The van der Waals surface area contributed by atoms with Gasteiger partial charge in [-0.2, -0.15) is 0 Å². The smallest absolute Gasteiger partial charge is 0.141 e. The molecule has 0 amide bonds. The maximum Gasteiger partial charge on any atom is 0.141 e. The summed E-state index contributed by atoms with van der Waals surface area (Å²) in [5.74, 6) is 0. The minimum Gasteiger partial charge on any atom is -0.374 e. The Morgan fingerprint density at radius 1 is 0.475 bits per heavy atom. The van der Waals surface area contributed by atoms with E-state index in [0.717, 1.165) is 22.3 Å². The number of alkyl halides is 1. The Balaban J connectivity index is 1.36. The van der Waals surface area contributed by atoms with Crippen LogP contribution in [0.1, 0.15) is 22.3 Å². The minimum absolute atomic E-state index is 0.354. The zero-order valence-corrected chi connectivity index (χ0v) is 24.0. The Morgan fingerprint density at radius 3 is 1.30 bits per heavy atom. The van der Waals surface area contributed by atoms with E-state index in [4.69, 9.17) is 23.7 Å².